The summed E-state index contributed by atoms with van der Waals surface area (Å²) in [5.41, 5.74) is 0. The van der Waals surface area contributed by atoms with Crippen molar-refractivity contribution in [3.63, 3.8) is 0 Å². The summed E-state index contributed by atoms with van der Waals surface area (Å²) in [5.74, 6) is 0.543. The summed E-state index contributed by atoms with van der Waals surface area (Å²) in [6.07, 6.45) is -0.497. The highest BCUT2D eigenvalue weighted by Crippen LogP contribution is 2.08. The van der Waals surface area contributed by atoms with Crippen LogP contribution in [-0.4, -0.2) is 31.3 Å². The van der Waals surface area contributed by atoms with Crippen LogP contribution in [0.3, 0.4) is 0 Å². The molecule has 0 saturated heterocycles. The highest BCUT2D eigenvalue weighted by molar-refractivity contribution is 5.70. The maximum atomic E-state index is 11.4. The van der Waals surface area contributed by atoms with Crippen LogP contribution >= 0.6 is 0 Å². The Bertz CT molecular complexity index is 312. The number of carbonyl (C=O) groups excluding carboxylic acids is 1. The Morgan fingerprint density at radius 3 is 2.47 bits per heavy atom. The van der Waals surface area contributed by atoms with Gasteiger partial charge in [-0.15, -0.1) is 0 Å². The van der Waals surface area contributed by atoms with Gasteiger partial charge in [-0.25, -0.2) is 4.79 Å². The van der Waals surface area contributed by atoms with E-state index < -0.39 is 6.09 Å². The van der Waals surface area contributed by atoms with E-state index in [4.69, 9.17) is 4.74 Å². The molecule has 1 atom stereocenters. The van der Waals surface area contributed by atoms with Crippen LogP contribution in [0.2, 0.25) is 0 Å². The van der Waals surface area contributed by atoms with Gasteiger partial charge < -0.3 is 10.1 Å². The number of hydrogen-bond acceptors (Lipinski definition) is 3. The molecule has 0 aliphatic heterocycles. The summed E-state index contributed by atoms with van der Waals surface area (Å²) in [7, 11) is 3.76. The molecule has 1 N–H and O–H groups in total. The van der Waals surface area contributed by atoms with Gasteiger partial charge in [-0.1, -0.05) is 18.2 Å². The summed E-state index contributed by atoms with van der Waals surface area (Å²) in [6, 6.07) is 8.98. The molecule has 0 aliphatic carbocycles. The first kappa shape index (κ1) is 11.5. The normalized spacial score (nSPS) is 12.3. The lowest BCUT2D eigenvalue weighted by Crippen LogP contribution is -2.43. The third-order valence-corrected chi connectivity index (χ3v) is 2.06. The quantitative estimate of drug-likeness (QED) is 0.768. The number of benzene rings is 1. The lowest BCUT2D eigenvalue weighted by atomic mass is 10.3. The zero-order valence-electron chi connectivity index (χ0n) is 9.23. The second-order valence-electron chi connectivity index (χ2n) is 3.49. The standard InChI is InChI=1S/C11H16N2O2/c1-9(13(2)3)12-11(14)15-10-7-5-4-6-8-10/h4-9H,1-3H3,(H,12,14). The topological polar surface area (TPSA) is 41.6 Å². The lowest BCUT2D eigenvalue weighted by Gasteiger charge is -2.20. The number of para-hydroxylation sites is 1. The molecule has 0 fully saturated rings. The van der Waals surface area contributed by atoms with Gasteiger partial charge in [0.1, 0.15) is 5.75 Å². The zero-order chi connectivity index (χ0) is 11.3. The summed E-state index contributed by atoms with van der Waals surface area (Å²) in [4.78, 5) is 13.2. The zero-order valence-corrected chi connectivity index (χ0v) is 9.23. The molecule has 15 heavy (non-hydrogen) atoms. The van der Waals surface area contributed by atoms with Gasteiger partial charge >= 0.3 is 6.09 Å². The van der Waals surface area contributed by atoms with E-state index in [9.17, 15) is 4.79 Å². The molecule has 1 amide bonds. The molecule has 82 valence electrons. The van der Waals surface area contributed by atoms with E-state index in [-0.39, 0.29) is 6.17 Å². The largest absolute Gasteiger partial charge is 0.413 e. The van der Waals surface area contributed by atoms with Crippen LogP contribution in [0.5, 0.6) is 5.75 Å². The molecular formula is C11H16N2O2. The molecule has 4 heteroatoms. The van der Waals surface area contributed by atoms with E-state index in [1.165, 1.54) is 0 Å². The van der Waals surface area contributed by atoms with Gasteiger partial charge in [-0.05, 0) is 33.2 Å². The van der Waals surface area contributed by atoms with Crippen molar-refractivity contribution >= 4 is 6.09 Å². The van der Waals surface area contributed by atoms with E-state index >= 15 is 0 Å². The first-order chi connectivity index (χ1) is 7.09. The van der Waals surface area contributed by atoms with Crippen LogP contribution in [0.15, 0.2) is 30.3 Å². The van der Waals surface area contributed by atoms with Crippen molar-refractivity contribution < 1.29 is 9.53 Å². The second kappa shape index (κ2) is 5.36. The van der Waals surface area contributed by atoms with E-state index in [1.54, 1.807) is 12.1 Å². The molecule has 0 spiro atoms. The van der Waals surface area contributed by atoms with Crippen molar-refractivity contribution in [1.29, 1.82) is 0 Å². The van der Waals surface area contributed by atoms with E-state index in [1.807, 2.05) is 44.1 Å². The smallest absolute Gasteiger partial charge is 0.410 e. The molecule has 4 nitrogen and oxygen atoms in total. The number of carbonyl (C=O) groups is 1. The fourth-order valence-electron chi connectivity index (χ4n) is 0.925. The van der Waals surface area contributed by atoms with Gasteiger partial charge in [0.25, 0.3) is 0 Å². The predicted octanol–water partition coefficient (Wildman–Crippen LogP) is 1.68. The number of rotatable bonds is 3. The summed E-state index contributed by atoms with van der Waals surface area (Å²) >= 11 is 0. The van der Waals surface area contributed by atoms with E-state index in [0.29, 0.717) is 5.75 Å². The van der Waals surface area contributed by atoms with Crippen LogP contribution in [0.4, 0.5) is 4.79 Å². The Morgan fingerprint density at radius 2 is 1.93 bits per heavy atom. The first-order valence-electron chi connectivity index (χ1n) is 4.79. The molecule has 0 aliphatic rings. The number of nitrogens with zero attached hydrogens (tertiary/aromatic N) is 1. The Balaban J connectivity index is 2.43. The van der Waals surface area contributed by atoms with Crippen molar-refractivity contribution in [2.24, 2.45) is 0 Å². The van der Waals surface area contributed by atoms with Crippen LogP contribution < -0.4 is 10.1 Å². The fourth-order valence-corrected chi connectivity index (χ4v) is 0.925. The Morgan fingerprint density at radius 1 is 1.33 bits per heavy atom. The average molecular weight is 208 g/mol. The maximum absolute atomic E-state index is 11.4. The average Bonchev–Trinajstić information content (AvgIpc) is 2.18. The minimum absolute atomic E-state index is 0.0544. The Hall–Kier alpha value is -1.55. The predicted molar refractivity (Wildman–Crippen MR) is 58.8 cm³/mol. The van der Waals surface area contributed by atoms with Crippen molar-refractivity contribution in [2.75, 3.05) is 14.1 Å². The number of amides is 1. The lowest BCUT2D eigenvalue weighted by molar-refractivity contribution is 0.179. The Labute approximate surface area is 89.8 Å². The van der Waals surface area contributed by atoms with Crippen LogP contribution in [0.1, 0.15) is 6.92 Å². The van der Waals surface area contributed by atoms with Crippen molar-refractivity contribution in [1.82, 2.24) is 10.2 Å². The summed E-state index contributed by atoms with van der Waals surface area (Å²) < 4.78 is 5.06. The maximum Gasteiger partial charge on any atom is 0.413 e. The van der Waals surface area contributed by atoms with Gasteiger partial charge in [-0.2, -0.15) is 0 Å². The molecule has 0 radical (unpaired) electrons. The minimum Gasteiger partial charge on any atom is -0.410 e. The first-order valence-corrected chi connectivity index (χ1v) is 4.79. The third kappa shape index (κ3) is 3.99. The van der Waals surface area contributed by atoms with Gasteiger partial charge in [0.05, 0.1) is 6.17 Å². The molecule has 0 saturated carbocycles. The molecule has 1 aromatic rings. The van der Waals surface area contributed by atoms with Gasteiger partial charge in [0.2, 0.25) is 0 Å². The molecular weight excluding hydrogens is 192 g/mol. The SMILES string of the molecule is CC(NC(=O)Oc1ccccc1)N(C)C. The second-order valence-corrected chi connectivity index (χ2v) is 3.49. The van der Waals surface area contributed by atoms with Gasteiger partial charge in [0.15, 0.2) is 0 Å². The highest BCUT2D eigenvalue weighted by atomic mass is 16.6. The fraction of sp³-hybridized carbons (Fsp3) is 0.364. The molecule has 0 heterocycles. The highest BCUT2D eigenvalue weighted by Gasteiger charge is 2.09. The summed E-state index contributed by atoms with van der Waals surface area (Å²) in [5, 5.41) is 2.69. The number of nitrogens with one attached hydrogen (secondary N) is 1. The number of ether oxygens (including phenoxy) is 1. The van der Waals surface area contributed by atoms with Crippen molar-refractivity contribution in [3.05, 3.63) is 30.3 Å². The molecule has 1 aromatic carbocycles. The minimum atomic E-state index is -0.442. The van der Waals surface area contributed by atoms with E-state index in [0.717, 1.165) is 0 Å². The van der Waals surface area contributed by atoms with Gasteiger partial charge in [0, 0.05) is 0 Å². The molecule has 1 unspecified atom stereocenters. The molecule has 0 bridgehead atoms. The Kier molecular flexibility index (Phi) is 4.12. The van der Waals surface area contributed by atoms with E-state index in [2.05, 4.69) is 5.32 Å². The van der Waals surface area contributed by atoms with Crippen molar-refractivity contribution in [3.8, 4) is 5.75 Å². The van der Waals surface area contributed by atoms with Crippen LogP contribution in [-0.2, 0) is 0 Å². The number of hydrogen-bond donors (Lipinski definition) is 1. The summed E-state index contributed by atoms with van der Waals surface area (Å²) in [6.45, 7) is 1.88. The third-order valence-electron chi connectivity index (χ3n) is 2.06. The van der Waals surface area contributed by atoms with Gasteiger partial charge in [-0.3, -0.25) is 4.90 Å². The molecule has 1 rings (SSSR count). The molecule has 0 aromatic heterocycles. The van der Waals surface area contributed by atoms with Crippen molar-refractivity contribution in [2.45, 2.75) is 13.1 Å². The monoisotopic (exact) mass is 208 g/mol. The van der Waals surface area contributed by atoms with Crippen LogP contribution in [0, 0.1) is 0 Å². The van der Waals surface area contributed by atoms with Crippen LogP contribution in [0.25, 0.3) is 0 Å².